The molecule has 3 atom stereocenters. The van der Waals surface area contributed by atoms with Gasteiger partial charge in [-0.3, -0.25) is 4.79 Å². The molecule has 0 aromatic heterocycles. The minimum absolute atomic E-state index is 0.155. The molecule has 0 radical (unpaired) electrons. The maximum Gasteiger partial charge on any atom is 0.220 e. The van der Waals surface area contributed by atoms with E-state index >= 15 is 0 Å². The summed E-state index contributed by atoms with van der Waals surface area (Å²) in [6, 6.07) is 0.206. The van der Waals surface area contributed by atoms with Gasteiger partial charge in [0.25, 0.3) is 0 Å². The summed E-state index contributed by atoms with van der Waals surface area (Å²) in [5, 5.41) is 3.05. The predicted octanol–water partition coefficient (Wildman–Crippen LogP) is 1.44. The zero-order valence-corrected chi connectivity index (χ0v) is 11.1. The van der Waals surface area contributed by atoms with Gasteiger partial charge in [0.05, 0.1) is 12.1 Å². The van der Waals surface area contributed by atoms with Crippen molar-refractivity contribution in [2.24, 2.45) is 11.7 Å². The van der Waals surface area contributed by atoms with E-state index in [-0.39, 0.29) is 18.1 Å². The van der Waals surface area contributed by atoms with Gasteiger partial charge in [-0.1, -0.05) is 13.3 Å². The van der Waals surface area contributed by atoms with E-state index < -0.39 is 0 Å². The quantitative estimate of drug-likeness (QED) is 0.710. The molecule has 1 rings (SSSR count). The maximum absolute atomic E-state index is 11.8. The normalized spacial score (nSPS) is 25.8. The largest absolute Gasteiger partial charge is 0.376 e. The van der Waals surface area contributed by atoms with Gasteiger partial charge in [0.1, 0.15) is 0 Å². The first-order valence-electron chi connectivity index (χ1n) is 6.78. The van der Waals surface area contributed by atoms with E-state index in [0.29, 0.717) is 18.9 Å². The fourth-order valence-electron chi connectivity index (χ4n) is 2.32. The fraction of sp³-hybridized carbons (Fsp3) is 0.923. The van der Waals surface area contributed by atoms with Crippen LogP contribution in [0.3, 0.4) is 0 Å². The first-order chi connectivity index (χ1) is 8.17. The van der Waals surface area contributed by atoms with Crippen LogP contribution in [0.25, 0.3) is 0 Å². The van der Waals surface area contributed by atoms with Crippen molar-refractivity contribution >= 4 is 5.91 Å². The number of hydrogen-bond donors (Lipinski definition) is 2. The molecule has 0 aromatic rings. The predicted molar refractivity (Wildman–Crippen MR) is 68.6 cm³/mol. The van der Waals surface area contributed by atoms with Crippen LogP contribution in [0.1, 0.15) is 46.0 Å². The molecule has 3 N–H and O–H groups in total. The zero-order valence-electron chi connectivity index (χ0n) is 11.1. The maximum atomic E-state index is 11.8. The topological polar surface area (TPSA) is 64.4 Å². The molecule has 17 heavy (non-hydrogen) atoms. The van der Waals surface area contributed by atoms with Crippen molar-refractivity contribution in [1.29, 1.82) is 0 Å². The van der Waals surface area contributed by atoms with Gasteiger partial charge in [-0.05, 0) is 38.6 Å². The van der Waals surface area contributed by atoms with E-state index in [1.165, 1.54) is 0 Å². The Labute approximate surface area is 104 Å². The Morgan fingerprint density at radius 2 is 2.29 bits per heavy atom. The van der Waals surface area contributed by atoms with E-state index in [1.54, 1.807) is 0 Å². The van der Waals surface area contributed by atoms with Gasteiger partial charge in [0.15, 0.2) is 0 Å². The molecule has 0 aliphatic carbocycles. The minimum Gasteiger partial charge on any atom is -0.376 e. The zero-order chi connectivity index (χ0) is 12.7. The van der Waals surface area contributed by atoms with Crippen molar-refractivity contribution < 1.29 is 9.53 Å². The number of rotatable bonds is 7. The standard InChI is InChI=1S/C13H26N2O2/c1-3-11(6-8-14)4-5-13(16)15-12-7-9-17-10(12)2/h10-12H,3-9,14H2,1-2H3,(H,15,16). The molecule has 1 amide bonds. The second kappa shape index (κ2) is 7.67. The Kier molecular flexibility index (Phi) is 6.52. The molecule has 1 aliphatic heterocycles. The van der Waals surface area contributed by atoms with Gasteiger partial charge in [-0.2, -0.15) is 0 Å². The van der Waals surface area contributed by atoms with Gasteiger partial charge in [-0.25, -0.2) is 0 Å². The number of ether oxygens (including phenoxy) is 1. The highest BCUT2D eigenvalue weighted by molar-refractivity contribution is 5.76. The Hall–Kier alpha value is -0.610. The summed E-state index contributed by atoms with van der Waals surface area (Å²) >= 11 is 0. The van der Waals surface area contributed by atoms with E-state index in [1.807, 2.05) is 6.92 Å². The first-order valence-corrected chi connectivity index (χ1v) is 6.78. The van der Waals surface area contributed by atoms with Gasteiger partial charge in [0, 0.05) is 13.0 Å². The number of carbonyl (C=O) groups excluding carboxylic acids is 1. The van der Waals surface area contributed by atoms with Crippen LogP contribution >= 0.6 is 0 Å². The molecule has 0 spiro atoms. The summed E-state index contributed by atoms with van der Waals surface area (Å²) < 4.78 is 5.42. The third-order valence-electron chi connectivity index (χ3n) is 3.65. The lowest BCUT2D eigenvalue weighted by Crippen LogP contribution is -2.39. The van der Waals surface area contributed by atoms with Crippen molar-refractivity contribution in [2.45, 2.75) is 58.1 Å². The lowest BCUT2D eigenvalue weighted by molar-refractivity contribution is -0.122. The molecule has 4 nitrogen and oxygen atoms in total. The molecule has 0 bridgehead atoms. The third-order valence-corrected chi connectivity index (χ3v) is 3.65. The minimum atomic E-state index is 0.155. The molecule has 4 heteroatoms. The van der Waals surface area contributed by atoms with Crippen LogP contribution in [0.5, 0.6) is 0 Å². The van der Waals surface area contributed by atoms with Crippen LogP contribution in [-0.2, 0) is 9.53 Å². The highest BCUT2D eigenvalue weighted by atomic mass is 16.5. The molecule has 1 heterocycles. The molecule has 0 saturated carbocycles. The van der Waals surface area contributed by atoms with Gasteiger partial charge in [0.2, 0.25) is 5.91 Å². The summed E-state index contributed by atoms with van der Waals surface area (Å²) in [5.41, 5.74) is 5.54. The monoisotopic (exact) mass is 242 g/mol. The van der Waals surface area contributed by atoms with Crippen LogP contribution in [0.4, 0.5) is 0 Å². The summed E-state index contributed by atoms with van der Waals surface area (Å²) in [5.74, 6) is 0.742. The van der Waals surface area contributed by atoms with Gasteiger partial charge >= 0.3 is 0 Å². The third kappa shape index (κ3) is 5.04. The molecule has 3 unspecified atom stereocenters. The molecule has 1 aliphatic rings. The highest BCUT2D eigenvalue weighted by Gasteiger charge is 2.25. The fourth-order valence-corrected chi connectivity index (χ4v) is 2.32. The number of nitrogens with one attached hydrogen (secondary N) is 1. The summed E-state index contributed by atoms with van der Waals surface area (Å²) in [6.07, 6.45) is 4.78. The molecule has 1 fully saturated rings. The average molecular weight is 242 g/mol. The lowest BCUT2D eigenvalue weighted by atomic mass is 9.96. The molecular weight excluding hydrogens is 216 g/mol. The van der Waals surface area contributed by atoms with Crippen LogP contribution in [0.2, 0.25) is 0 Å². The highest BCUT2D eigenvalue weighted by Crippen LogP contribution is 2.16. The second-order valence-electron chi connectivity index (χ2n) is 4.93. The van der Waals surface area contributed by atoms with E-state index in [4.69, 9.17) is 10.5 Å². The van der Waals surface area contributed by atoms with Crippen molar-refractivity contribution in [2.75, 3.05) is 13.2 Å². The van der Waals surface area contributed by atoms with Crippen LogP contribution in [0, 0.1) is 5.92 Å². The molecule has 100 valence electrons. The Morgan fingerprint density at radius 3 is 2.82 bits per heavy atom. The summed E-state index contributed by atoms with van der Waals surface area (Å²) in [4.78, 5) is 11.8. The average Bonchev–Trinajstić information content (AvgIpc) is 2.70. The summed E-state index contributed by atoms with van der Waals surface area (Å²) in [7, 11) is 0. The number of hydrogen-bond acceptors (Lipinski definition) is 3. The van der Waals surface area contributed by atoms with E-state index in [2.05, 4.69) is 12.2 Å². The first kappa shape index (κ1) is 14.5. The van der Waals surface area contributed by atoms with Crippen molar-refractivity contribution in [3.05, 3.63) is 0 Å². The lowest BCUT2D eigenvalue weighted by Gasteiger charge is -2.17. The molecule has 1 saturated heterocycles. The van der Waals surface area contributed by atoms with Crippen molar-refractivity contribution in [1.82, 2.24) is 5.32 Å². The van der Waals surface area contributed by atoms with Crippen LogP contribution in [0.15, 0.2) is 0 Å². The summed E-state index contributed by atoms with van der Waals surface area (Å²) in [6.45, 7) is 5.65. The molecular formula is C13H26N2O2. The number of nitrogens with two attached hydrogens (primary N) is 1. The van der Waals surface area contributed by atoms with Gasteiger partial charge < -0.3 is 15.8 Å². The Morgan fingerprint density at radius 1 is 1.53 bits per heavy atom. The van der Waals surface area contributed by atoms with Crippen LogP contribution < -0.4 is 11.1 Å². The van der Waals surface area contributed by atoms with E-state index in [0.717, 1.165) is 32.3 Å². The SMILES string of the molecule is CCC(CCN)CCC(=O)NC1CCOC1C. The molecule has 0 aromatic carbocycles. The Balaban J connectivity index is 2.20. The number of amides is 1. The van der Waals surface area contributed by atoms with Gasteiger partial charge in [-0.15, -0.1) is 0 Å². The van der Waals surface area contributed by atoms with Crippen LogP contribution in [-0.4, -0.2) is 31.2 Å². The van der Waals surface area contributed by atoms with E-state index in [9.17, 15) is 4.79 Å². The second-order valence-corrected chi connectivity index (χ2v) is 4.93. The van der Waals surface area contributed by atoms with Crippen molar-refractivity contribution in [3.8, 4) is 0 Å². The Bertz CT molecular complexity index is 233. The smallest absolute Gasteiger partial charge is 0.220 e. The number of carbonyl (C=O) groups is 1. The van der Waals surface area contributed by atoms with Crippen molar-refractivity contribution in [3.63, 3.8) is 0 Å².